The number of rotatable bonds is 6. The summed E-state index contributed by atoms with van der Waals surface area (Å²) < 4.78 is 21.3. The molecule has 0 fully saturated rings. The first-order valence-electron chi connectivity index (χ1n) is 8.78. The normalized spacial score (nSPS) is 19.1. The van der Waals surface area contributed by atoms with Crippen molar-refractivity contribution in [1.82, 2.24) is 0 Å². The second-order valence-corrected chi connectivity index (χ2v) is 6.40. The van der Waals surface area contributed by atoms with E-state index in [0.717, 1.165) is 0 Å². The summed E-state index contributed by atoms with van der Waals surface area (Å²) in [6, 6.07) is 5.16. The van der Waals surface area contributed by atoms with Gasteiger partial charge in [0.25, 0.3) is 0 Å². The second kappa shape index (κ2) is 8.73. The number of carbonyl (C=O) groups is 3. The van der Waals surface area contributed by atoms with Crippen molar-refractivity contribution in [1.29, 1.82) is 0 Å². The van der Waals surface area contributed by atoms with E-state index in [1.54, 1.807) is 45.0 Å². The van der Waals surface area contributed by atoms with Crippen LogP contribution in [0.25, 0.3) is 0 Å². The van der Waals surface area contributed by atoms with Crippen LogP contribution in [0.2, 0.25) is 0 Å². The molecule has 1 aliphatic heterocycles. The lowest BCUT2D eigenvalue weighted by molar-refractivity contribution is -0.150. The molecule has 0 N–H and O–H groups in total. The van der Waals surface area contributed by atoms with Gasteiger partial charge in [0.1, 0.15) is 11.9 Å². The molecule has 0 amide bonds. The topological polar surface area (TPSA) is 88.1 Å². The van der Waals surface area contributed by atoms with Gasteiger partial charge in [-0.2, -0.15) is 0 Å². The lowest BCUT2D eigenvalue weighted by atomic mass is 9.98. The molecule has 7 nitrogen and oxygen atoms in total. The third kappa shape index (κ3) is 4.42. The number of benzene rings is 1. The van der Waals surface area contributed by atoms with Gasteiger partial charge in [0, 0.05) is 18.1 Å². The largest absolute Gasteiger partial charge is 0.481 e. The molecular weight excluding hydrogens is 364 g/mol. The van der Waals surface area contributed by atoms with Crippen LogP contribution in [0, 0.1) is 0 Å². The van der Waals surface area contributed by atoms with Crippen LogP contribution < -0.4 is 4.74 Å². The van der Waals surface area contributed by atoms with Gasteiger partial charge >= 0.3 is 17.9 Å². The summed E-state index contributed by atoms with van der Waals surface area (Å²) in [4.78, 5) is 35.5. The van der Waals surface area contributed by atoms with Crippen LogP contribution in [0.5, 0.6) is 5.75 Å². The van der Waals surface area contributed by atoms with Crippen molar-refractivity contribution in [3.63, 3.8) is 0 Å². The Balaban J connectivity index is 2.33. The fraction of sp³-hybridized carbons (Fsp3) is 0.381. The zero-order chi connectivity index (χ0) is 21.0. The van der Waals surface area contributed by atoms with E-state index in [1.807, 2.05) is 0 Å². The van der Waals surface area contributed by atoms with Gasteiger partial charge < -0.3 is 18.9 Å². The number of carbonyl (C=O) groups excluding carboxylic acids is 3. The van der Waals surface area contributed by atoms with E-state index in [-0.39, 0.29) is 5.57 Å². The summed E-state index contributed by atoms with van der Waals surface area (Å²) in [5.74, 6) is -1.15. The summed E-state index contributed by atoms with van der Waals surface area (Å²) in [5, 5.41) is 0. The number of allylic oxidation sites excluding steroid dienone is 1. The summed E-state index contributed by atoms with van der Waals surface area (Å²) in [6.07, 6.45) is -0.622. The molecule has 28 heavy (non-hydrogen) atoms. The molecule has 0 saturated carbocycles. The molecule has 3 atom stereocenters. The number of ether oxygens (including phenoxy) is 4. The average Bonchev–Trinajstić information content (AvgIpc) is 3.02. The summed E-state index contributed by atoms with van der Waals surface area (Å²) in [7, 11) is 1.23. The van der Waals surface area contributed by atoms with Crippen LogP contribution in [0.15, 0.2) is 42.0 Å². The second-order valence-electron chi connectivity index (χ2n) is 6.40. The van der Waals surface area contributed by atoms with Crippen molar-refractivity contribution in [3.05, 3.63) is 53.1 Å². The van der Waals surface area contributed by atoms with Gasteiger partial charge in [0.05, 0.1) is 12.7 Å². The molecular formula is C21H24O7. The van der Waals surface area contributed by atoms with Gasteiger partial charge in [-0.1, -0.05) is 18.7 Å². The SMILES string of the molecule is C=C(C(=O)OC)[C@@H]1Oc2ccc([C@H](C)OC(=O)C(C)=CC)cc2[C@@H]1OC(C)=O. The van der Waals surface area contributed by atoms with Gasteiger partial charge in [0.2, 0.25) is 0 Å². The Labute approximate surface area is 163 Å². The maximum atomic E-state index is 12.0. The Kier molecular flexibility index (Phi) is 6.62. The maximum Gasteiger partial charge on any atom is 0.337 e. The van der Waals surface area contributed by atoms with E-state index >= 15 is 0 Å². The minimum Gasteiger partial charge on any atom is -0.481 e. The minimum atomic E-state index is -0.898. The summed E-state index contributed by atoms with van der Waals surface area (Å²) >= 11 is 0. The minimum absolute atomic E-state index is 0.0367. The Morgan fingerprint density at radius 1 is 1.21 bits per heavy atom. The molecule has 0 spiro atoms. The van der Waals surface area contributed by atoms with Crippen molar-refractivity contribution in [2.45, 2.75) is 46.0 Å². The van der Waals surface area contributed by atoms with Gasteiger partial charge in [-0.3, -0.25) is 4.79 Å². The highest BCUT2D eigenvalue weighted by Crippen LogP contribution is 2.43. The Hall–Kier alpha value is -3.09. The molecule has 1 aromatic carbocycles. The summed E-state index contributed by atoms with van der Waals surface area (Å²) in [6.45, 7) is 10.1. The molecule has 1 aromatic rings. The Morgan fingerprint density at radius 2 is 1.89 bits per heavy atom. The van der Waals surface area contributed by atoms with E-state index in [9.17, 15) is 14.4 Å². The molecule has 0 aliphatic carbocycles. The average molecular weight is 388 g/mol. The number of esters is 3. The van der Waals surface area contributed by atoms with E-state index in [2.05, 4.69) is 6.58 Å². The van der Waals surface area contributed by atoms with Crippen molar-refractivity contribution in [2.75, 3.05) is 7.11 Å². The van der Waals surface area contributed by atoms with E-state index in [4.69, 9.17) is 18.9 Å². The number of methoxy groups -OCH3 is 1. The van der Waals surface area contributed by atoms with Crippen molar-refractivity contribution in [2.24, 2.45) is 0 Å². The third-order valence-electron chi connectivity index (χ3n) is 4.46. The van der Waals surface area contributed by atoms with Crippen LogP contribution in [-0.2, 0) is 28.6 Å². The lowest BCUT2D eigenvalue weighted by Gasteiger charge is -2.20. The molecule has 0 radical (unpaired) electrons. The first-order valence-corrected chi connectivity index (χ1v) is 8.78. The summed E-state index contributed by atoms with van der Waals surface area (Å²) in [5.41, 5.74) is 1.80. The predicted molar refractivity (Wildman–Crippen MR) is 100 cm³/mol. The highest BCUT2D eigenvalue weighted by atomic mass is 16.6. The van der Waals surface area contributed by atoms with Crippen LogP contribution in [0.1, 0.15) is 51.0 Å². The van der Waals surface area contributed by atoms with E-state index in [0.29, 0.717) is 22.4 Å². The quantitative estimate of drug-likeness (QED) is 0.419. The number of fused-ring (bicyclic) bond motifs is 1. The molecule has 2 rings (SSSR count). The molecule has 0 bridgehead atoms. The highest BCUT2D eigenvalue weighted by Gasteiger charge is 2.41. The van der Waals surface area contributed by atoms with Crippen LogP contribution in [0.4, 0.5) is 0 Å². The van der Waals surface area contributed by atoms with Gasteiger partial charge in [-0.15, -0.1) is 0 Å². The first-order chi connectivity index (χ1) is 13.2. The Morgan fingerprint density at radius 3 is 2.46 bits per heavy atom. The standard InChI is InChI=1S/C21H24O7/c1-7-11(2)20(23)26-13(4)15-8-9-17-16(10-15)19(27-14(5)22)18(28-17)12(3)21(24)25-6/h7-10,13,18-19H,3H2,1-2,4-6H3/t13-,18-,19-/m0/s1. The smallest absolute Gasteiger partial charge is 0.337 e. The molecule has 0 aromatic heterocycles. The van der Waals surface area contributed by atoms with Gasteiger partial charge in [0.15, 0.2) is 12.2 Å². The Bertz CT molecular complexity index is 837. The van der Waals surface area contributed by atoms with E-state index < -0.39 is 36.2 Å². The fourth-order valence-corrected chi connectivity index (χ4v) is 2.76. The zero-order valence-corrected chi connectivity index (χ0v) is 16.6. The molecule has 0 unspecified atom stereocenters. The first kappa shape index (κ1) is 21.2. The fourth-order valence-electron chi connectivity index (χ4n) is 2.76. The monoisotopic (exact) mass is 388 g/mol. The molecule has 1 aliphatic rings. The third-order valence-corrected chi connectivity index (χ3v) is 4.46. The van der Waals surface area contributed by atoms with Crippen molar-refractivity contribution < 1.29 is 33.3 Å². The molecule has 0 saturated heterocycles. The van der Waals surface area contributed by atoms with Gasteiger partial charge in [-0.05, 0) is 38.5 Å². The van der Waals surface area contributed by atoms with Gasteiger partial charge in [-0.25, -0.2) is 9.59 Å². The van der Waals surface area contributed by atoms with Crippen LogP contribution >= 0.6 is 0 Å². The maximum absolute atomic E-state index is 12.0. The lowest BCUT2D eigenvalue weighted by Crippen LogP contribution is -2.28. The molecule has 150 valence electrons. The molecule has 7 heteroatoms. The number of hydrogen-bond acceptors (Lipinski definition) is 7. The highest BCUT2D eigenvalue weighted by molar-refractivity contribution is 5.89. The molecule has 1 heterocycles. The van der Waals surface area contributed by atoms with Crippen molar-refractivity contribution >= 4 is 17.9 Å². The van der Waals surface area contributed by atoms with Crippen molar-refractivity contribution in [3.8, 4) is 5.75 Å². The predicted octanol–water partition coefficient (Wildman–Crippen LogP) is 3.35. The van der Waals surface area contributed by atoms with E-state index in [1.165, 1.54) is 14.0 Å². The van der Waals surface area contributed by atoms with Crippen LogP contribution in [-0.4, -0.2) is 31.1 Å². The zero-order valence-electron chi connectivity index (χ0n) is 16.6. The number of hydrogen-bond donors (Lipinski definition) is 0. The van der Waals surface area contributed by atoms with Crippen LogP contribution in [0.3, 0.4) is 0 Å².